The van der Waals surface area contributed by atoms with Crippen LogP contribution in [0.2, 0.25) is 0 Å². The number of piperidine rings is 1. The predicted molar refractivity (Wildman–Crippen MR) is 118 cm³/mol. The van der Waals surface area contributed by atoms with Crippen molar-refractivity contribution in [2.45, 2.75) is 19.8 Å². The molecule has 2 saturated heterocycles. The van der Waals surface area contributed by atoms with Gasteiger partial charge < -0.3 is 19.3 Å². The van der Waals surface area contributed by atoms with E-state index in [1.54, 1.807) is 11.3 Å². The minimum absolute atomic E-state index is 0.0546. The van der Waals surface area contributed by atoms with Gasteiger partial charge in [0.2, 0.25) is 0 Å². The number of anilines is 1. The van der Waals surface area contributed by atoms with Crippen molar-refractivity contribution in [2.75, 3.05) is 50.9 Å². The average Bonchev–Trinajstić information content (AvgIpc) is 3.25. The molecular weight excluding hydrogens is 400 g/mol. The number of likely N-dealkylation sites (tertiary alicyclic amines) is 1. The van der Waals surface area contributed by atoms with Crippen molar-refractivity contribution in [3.8, 4) is 11.1 Å². The molecule has 0 N–H and O–H groups in total. The number of ether oxygens (including phenoxy) is 2. The first-order chi connectivity index (χ1) is 14.7. The van der Waals surface area contributed by atoms with Gasteiger partial charge in [0.25, 0.3) is 5.91 Å². The number of thiophene rings is 1. The molecule has 0 spiro atoms. The third kappa shape index (κ3) is 4.52. The highest BCUT2D eigenvalue weighted by molar-refractivity contribution is 7.18. The van der Waals surface area contributed by atoms with Crippen LogP contribution < -0.4 is 4.90 Å². The van der Waals surface area contributed by atoms with Crippen LogP contribution in [0.1, 0.15) is 29.4 Å². The van der Waals surface area contributed by atoms with E-state index in [1.165, 1.54) is 0 Å². The molecular formula is C23H28N2O4S. The minimum atomic E-state index is -0.137. The Balaban J connectivity index is 1.53. The van der Waals surface area contributed by atoms with E-state index in [1.807, 2.05) is 36.1 Å². The molecule has 0 saturated carbocycles. The average molecular weight is 429 g/mol. The van der Waals surface area contributed by atoms with E-state index in [9.17, 15) is 9.59 Å². The van der Waals surface area contributed by atoms with Gasteiger partial charge >= 0.3 is 5.97 Å². The second-order valence-electron chi connectivity index (χ2n) is 7.61. The van der Waals surface area contributed by atoms with E-state index in [0.29, 0.717) is 45.8 Å². The molecule has 0 unspecified atom stereocenters. The van der Waals surface area contributed by atoms with Crippen LogP contribution in [0.3, 0.4) is 0 Å². The fraction of sp³-hybridized carbons (Fsp3) is 0.478. The largest absolute Gasteiger partial charge is 0.466 e. The quantitative estimate of drug-likeness (QED) is 0.680. The molecule has 160 valence electrons. The molecule has 30 heavy (non-hydrogen) atoms. The van der Waals surface area contributed by atoms with Gasteiger partial charge in [0.1, 0.15) is 0 Å². The van der Waals surface area contributed by atoms with Crippen molar-refractivity contribution in [1.29, 1.82) is 0 Å². The van der Waals surface area contributed by atoms with Crippen LogP contribution in [0, 0.1) is 5.92 Å². The Kier molecular flexibility index (Phi) is 6.69. The molecule has 1 amide bonds. The molecule has 4 rings (SSSR count). The van der Waals surface area contributed by atoms with Gasteiger partial charge in [0.15, 0.2) is 0 Å². The van der Waals surface area contributed by atoms with Gasteiger partial charge in [-0.3, -0.25) is 9.59 Å². The third-order valence-corrected chi connectivity index (χ3v) is 6.89. The summed E-state index contributed by atoms with van der Waals surface area (Å²) in [5, 5.41) is 1.13. The van der Waals surface area contributed by atoms with Gasteiger partial charge in [-0.05, 0) is 31.4 Å². The lowest BCUT2D eigenvalue weighted by atomic mass is 9.97. The van der Waals surface area contributed by atoms with Crippen LogP contribution in [-0.2, 0) is 14.3 Å². The highest BCUT2D eigenvalue weighted by Crippen LogP contribution is 2.40. The lowest BCUT2D eigenvalue weighted by Gasteiger charge is -2.30. The number of esters is 1. The number of carbonyl (C=O) groups excluding carboxylic acids is 2. The lowest BCUT2D eigenvalue weighted by Crippen LogP contribution is -2.40. The highest BCUT2D eigenvalue weighted by atomic mass is 32.1. The Morgan fingerprint density at radius 3 is 2.47 bits per heavy atom. The second-order valence-corrected chi connectivity index (χ2v) is 8.64. The first-order valence-electron chi connectivity index (χ1n) is 10.6. The standard InChI is InChI=1S/C23H28N2O4S/c1-2-29-23(27)18-8-10-24(11-9-18)21(26)20-16-19(17-6-4-3-5-7-17)22(30-20)25-12-14-28-15-13-25/h3-7,16,18H,2,8-15H2,1H3. The van der Waals surface area contributed by atoms with Crippen LogP contribution in [0.5, 0.6) is 0 Å². The summed E-state index contributed by atoms with van der Waals surface area (Å²) in [4.78, 5) is 30.2. The van der Waals surface area contributed by atoms with Gasteiger partial charge in [0.05, 0.1) is 35.6 Å². The zero-order chi connectivity index (χ0) is 20.9. The molecule has 0 atom stereocenters. The lowest BCUT2D eigenvalue weighted by molar-refractivity contribution is -0.149. The summed E-state index contributed by atoms with van der Waals surface area (Å²) in [6.07, 6.45) is 1.33. The molecule has 3 heterocycles. The monoisotopic (exact) mass is 428 g/mol. The van der Waals surface area contributed by atoms with Crippen molar-refractivity contribution in [1.82, 2.24) is 4.90 Å². The van der Waals surface area contributed by atoms with Crippen molar-refractivity contribution in [2.24, 2.45) is 5.92 Å². The summed E-state index contributed by atoms with van der Waals surface area (Å²) in [7, 11) is 0. The molecule has 1 aromatic heterocycles. The molecule has 6 nitrogen and oxygen atoms in total. The van der Waals surface area contributed by atoms with Crippen molar-refractivity contribution in [3.05, 3.63) is 41.3 Å². The molecule has 2 aliphatic rings. The van der Waals surface area contributed by atoms with Gasteiger partial charge in [-0.1, -0.05) is 30.3 Å². The SMILES string of the molecule is CCOC(=O)C1CCN(C(=O)c2cc(-c3ccccc3)c(N3CCOCC3)s2)CC1. The first-order valence-corrected chi connectivity index (χ1v) is 11.5. The van der Waals surface area contributed by atoms with E-state index >= 15 is 0 Å². The van der Waals surface area contributed by atoms with Crippen molar-refractivity contribution >= 4 is 28.2 Å². The maximum Gasteiger partial charge on any atom is 0.309 e. The Bertz CT molecular complexity index is 869. The Hall–Kier alpha value is -2.38. The Morgan fingerprint density at radius 2 is 1.80 bits per heavy atom. The fourth-order valence-corrected chi connectivity index (χ4v) is 5.25. The maximum absolute atomic E-state index is 13.3. The summed E-state index contributed by atoms with van der Waals surface area (Å²) in [5.41, 5.74) is 2.22. The first kappa shape index (κ1) is 20.9. The van der Waals surface area contributed by atoms with E-state index in [4.69, 9.17) is 9.47 Å². The number of nitrogens with zero attached hydrogens (tertiary/aromatic N) is 2. The topological polar surface area (TPSA) is 59.1 Å². The Labute approximate surface area is 181 Å². The second kappa shape index (κ2) is 9.62. The van der Waals surface area contributed by atoms with Crippen molar-refractivity contribution in [3.63, 3.8) is 0 Å². The minimum Gasteiger partial charge on any atom is -0.466 e. The summed E-state index contributed by atoms with van der Waals surface area (Å²) in [6.45, 7) is 6.48. The van der Waals surface area contributed by atoms with Crippen LogP contribution in [0.4, 0.5) is 5.00 Å². The number of rotatable bonds is 5. The Morgan fingerprint density at radius 1 is 1.10 bits per heavy atom. The van der Waals surface area contributed by atoms with E-state index in [0.717, 1.165) is 34.1 Å². The molecule has 2 aliphatic heterocycles. The van der Waals surface area contributed by atoms with Gasteiger partial charge in [-0.15, -0.1) is 11.3 Å². The highest BCUT2D eigenvalue weighted by Gasteiger charge is 2.30. The summed E-state index contributed by atoms with van der Waals surface area (Å²) < 4.78 is 10.7. The number of benzene rings is 1. The van der Waals surface area contributed by atoms with Crippen LogP contribution in [0.15, 0.2) is 36.4 Å². The van der Waals surface area contributed by atoms with Crippen LogP contribution in [0.25, 0.3) is 11.1 Å². The van der Waals surface area contributed by atoms with Crippen LogP contribution >= 0.6 is 11.3 Å². The maximum atomic E-state index is 13.3. The number of hydrogen-bond acceptors (Lipinski definition) is 6. The zero-order valence-electron chi connectivity index (χ0n) is 17.3. The zero-order valence-corrected chi connectivity index (χ0v) is 18.2. The molecule has 0 radical (unpaired) electrons. The summed E-state index contributed by atoms with van der Waals surface area (Å²) >= 11 is 1.57. The molecule has 2 aromatic rings. The molecule has 0 bridgehead atoms. The normalized spacial score (nSPS) is 17.8. The number of hydrogen-bond donors (Lipinski definition) is 0. The van der Waals surface area contributed by atoms with E-state index in [2.05, 4.69) is 17.0 Å². The number of amides is 1. The van der Waals surface area contributed by atoms with E-state index < -0.39 is 0 Å². The van der Waals surface area contributed by atoms with Gasteiger partial charge in [0, 0.05) is 31.7 Å². The summed E-state index contributed by atoms with van der Waals surface area (Å²) in [5.74, 6) is -0.179. The molecule has 2 fully saturated rings. The molecule has 0 aliphatic carbocycles. The van der Waals surface area contributed by atoms with E-state index in [-0.39, 0.29) is 17.8 Å². The third-order valence-electron chi connectivity index (χ3n) is 5.71. The number of morpholine rings is 1. The number of carbonyl (C=O) groups is 2. The van der Waals surface area contributed by atoms with Gasteiger partial charge in [-0.25, -0.2) is 0 Å². The summed E-state index contributed by atoms with van der Waals surface area (Å²) in [6, 6.07) is 12.3. The van der Waals surface area contributed by atoms with Crippen LogP contribution in [-0.4, -0.2) is 62.8 Å². The van der Waals surface area contributed by atoms with Crippen molar-refractivity contribution < 1.29 is 19.1 Å². The molecule has 7 heteroatoms. The smallest absolute Gasteiger partial charge is 0.309 e. The predicted octanol–water partition coefficient (Wildman–Crippen LogP) is 3.67. The van der Waals surface area contributed by atoms with Gasteiger partial charge in [-0.2, -0.15) is 0 Å². The molecule has 1 aromatic carbocycles. The fourth-order valence-electron chi connectivity index (χ4n) is 4.05.